The van der Waals surface area contributed by atoms with Crippen molar-refractivity contribution in [2.75, 3.05) is 13.1 Å². The van der Waals surface area contributed by atoms with E-state index in [2.05, 4.69) is 6.07 Å². The Bertz CT molecular complexity index is 441. The van der Waals surface area contributed by atoms with Crippen LogP contribution in [-0.4, -0.2) is 34.8 Å². The van der Waals surface area contributed by atoms with Gasteiger partial charge in [-0.05, 0) is 25.0 Å². The monoisotopic (exact) mass is 348 g/mol. The lowest BCUT2D eigenvalue weighted by Gasteiger charge is -2.23. The maximum absolute atomic E-state index is 7.50. The lowest BCUT2D eigenvalue weighted by Crippen LogP contribution is -2.36. The predicted molar refractivity (Wildman–Crippen MR) is 96.9 cm³/mol. The Balaban J connectivity index is 0. The van der Waals surface area contributed by atoms with Crippen molar-refractivity contribution in [3.8, 4) is 0 Å². The zero-order valence-corrected chi connectivity index (χ0v) is 14.6. The number of halogens is 2. The van der Waals surface area contributed by atoms with Gasteiger partial charge in [0.25, 0.3) is 0 Å². The van der Waals surface area contributed by atoms with Crippen LogP contribution in [-0.2, 0) is 13.1 Å². The molecule has 0 aliphatic carbocycles. The Kier molecular flexibility index (Phi) is 11.3. The van der Waals surface area contributed by atoms with Gasteiger partial charge in [0.05, 0.1) is 0 Å². The average molecular weight is 349 g/mol. The van der Waals surface area contributed by atoms with Crippen molar-refractivity contribution < 1.29 is 0 Å². The van der Waals surface area contributed by atoms with Crippen LogP contribution in [0.4, 0.5) is 0 Å². The second-order valence-corrected chi connectivity index (χ2v) is 4.62. The van der Waals surface area contributed by atoms with Crippen molar-refractivity contribution in [2.24, 2.45) is 11.5 Å². The molecule has 0 bridgehead atoms. The Labute approximate surface area is 144 Å². The summed E-state index contributed by atoms with van der Waals surface area (Å²) in [4.78, 5) is 3.59. The van der Waals surface area contributed by atoms with Crippen molar-refractivity contribution in [1.82, 2.24) is 9.80 Å². The van der Waals surface area contributed by atoms with Crippen LogP contribution in [0, 0.1) is 10.8 Å². The Hall–Kier alpha value is -1.66. The van der Waals surface area contributed by atoms with Gasteiger partial charge >= 0.3 is 0 Å². The number of benzene rings is 1. The smallest absolute Gasteiger partial charge is 0.188 e. The van der Waals surface area contributed by atoms with Crippen molar-refractivity contribution >= 4 is 36.7 Å². The van der Waals surface area contributed by atoms with Crippen LogP contribution in [0.15, 0.2) is 24.3 Å². The molecule has 0 aromatic heterocycles. The number of nitrogens with one attached hydrogen (secondary N) is 2. The molecule has 0 saturated carbocycles. The SMILES string of the molecule is CCN(Cc1cccc(CN(CC)C(=N)N)c1)C(=N)N.Cl.Cl. The first kappa shape index (κ1) is 22.6. The van der Waals surface area contributed by atoms with Gasteiger partial charge in [0.2, 0.25) is 0 Å². The third-order valence-corrected chi connectivity index (χ3v) is 3.18. The van der Waals surface area contributed by atoms with E-state index in [1.807, 2.05) is 32.0 Å². The first-order valence-corrected chi connectivity index (χ1v) is 6.73. The third kappa shape index (κ3) is 6.87. The number of nitrogens with zero attached hydrogens (tertiary/aromatic N) is 2. The highest BCUT2D eigenvalue weighted by Crippen LogP contribution is 2.10. The number of hydrogen-bond donors (Lipinski definition) is 4. The molecule has 22 heavy (non-hydrogen) atoms. The fraction of sp³-hybridized carbons (Fsp3) is 0.429. The molecule has 0 saturated heterocycles. The summed E-state index contributed by atoms with van der Waals surface area (Å²) in [6.45, 7) is 6.58. The van der Waals surface area contributed by atoms with E-state index in [1.54, 1.807) is 9.80 Å². The molecule has 6 N–H and O–H groups in total. The van der Waals surface area contributed by atoms with E-state index in [4.69, 9.17) is 22.3 Å². The molecule has 0 amide bonds. The first-order valence-electron chi connectivity index (χ1n) is 6.73. The van der Waals surface area contributed by atoms with Gasteiger partial charge < -0.3 is 21.3 Å². The summed E-state index contributed by atoms with van der Waals surface area (Å²) in [5.41, 5.74) is 13.3. The highest BCUT2D eigenvalue weighted by atomic mass is 35.5. The Morgan fingerprint density at radius 2 is 1.27 bits per heavy atom. The number of hydrogen-bond acceptors (Lipinski definition) is 2. The molecule has 0 aliphatic heterocycles. The molecule has 6 nitrogen and oxygen atoms in total. The zero-order valence-electron chi connectivity index (χ0n) is 13.0. The van der Waals surface area contributed by atoms with Gasteiger partial charge in [0.15, 0.2) is 11.9 Å². The molecular weight excluding hydrogens is 323 g/mol. The van der Waals surface area contributed by atoms with Crippen LogP contribution in [0.25, 0.3) is 0 Å². The lowest BCUT2D eigenvalue weighted by atomic mass is 10.1. The summed E-state index contributed by atoms with van der Waals surface area (Å²) in [5.74, 6) is 0.161. The summed E-state index contributed by atoms with van der Waals surface area (Å²) >= 11 is 0. The fourth-order valence-electron chi connectivity index (χ4n) is 2.00. The standard InChI is InChI=1S/C14H24N6.2ClH/c1-3-19(13(15)16)9-11-6-5-7-12(8-11)10-20(4-2)14(17)18;;/h5-8H,3-4,9-10H2,1-2H3,(H3,15,16)(H3,17,18);2*1H. The van der Waals surface area contributed by atoms with E-state index < -0.39 is 0 Å². The maximum atomic E-state index is 7.50. The van der Waals surface area contributed by atoms with Crippen molar-refractivity contribution in [3.05, 3.63) is 35.4 Å². The molecule has 0 heterocycles. The summed E-state index contributed by atoms with van der Waals surface area (Å²) in [6.07, 6.45) is 0. The summed E-state index contributed by atoms with van der Waals surface area (Å²) < 4.78 is 0. The molecule has 0 fully saturated rings. The normalized spacial score (nSPS) is 9.18. The third-order valence-electron chi connectivity index (χ3n) is 3.18. The minimum absolute atomic E-state index is 0. The second-order valence-electron chi connectivity index (χ2n) is 4.62. The van der Waals surface area contributed by atoms with Crippen LogP contribution in [0.3, 0.4) is 0 Å². The van der Waals surface area contributed by atoms with E-state index >= 15 is 0 Å². The molecule has 0 atom stereocenters. The Morgan fingerprint density at radius 1 is 0.909 bits per heavy atom. The Morgan fingerprint density at radius 3 is 1.55 bits per heavy atom. The van der Waals surface area contributed by atoms with E-state index in [1.165, 1.54) is 0 Å². The predicted octanol–water partition coefficient (Wildman–Crippen LogP) is 1.96. The molecule has 8 heteroatoms. The van der Waals surface area contributed by atoms with E-state index in [-0.39, 0.29) is 36.7 Å². The summed E-state index contributed by atoms with van der Waals surface area (Å²) in [7, 11) is 0. The van der Waals surface area contributed by atoms with Gasteiger partial charge in [-0.25, -0.2) is 0 Å². The molecule has 126 valence electrons. The quantitative estimate of drug-likeness (QED) is 0.465. The molecule has 1 aromatic rings. The lowest BCUT2D eigenvalue weighted by molar-refractivity contribution is 0.420. The van der Waals surface area contributed by atoms with Crippen LogP contribution >= 0.6 is 24.8 Å². The topological polar surface area (TPSA) is 106 Å². The fourth-order valence-corrected chi connectivity index (χ4v) is 2.00. The molecule has 1 rings (SSSR count). The van der Waals surface area contributed by atoms with Gasteiger partial charge in [0.1, 0.15) is 0 Å². The molecule has 0 spiro atoms. The van der Waals surface area contributed by atoms with Crippen molar-refractivity contribution in [3.63, 3.8) is 0 Å². The minimum atomic E-state index is 0. The average Bonchev–Trinajstić information content (AvgIpc) is 2.41. The number of guanidine groups is 2. The molecule has 0 unspecified atom stereocenters. The van der Waals surface area contributed by atoms with Gasteiger partial charge in [-0.3, -0.25) is 10.8 Å². The van der Waals surface area contributed by atoms with E-state index in [0.29, 0.717) is 26.2 Å². The van der Waals surface area contributed by atoms with Gasteiger partial charge in [0, 0.05) is 26.2 Å². The summed E-state index contributed by atoms with van der Waals surface area (Å²) in [6, 6.07) is 8.07. The van der Waals surface area contributed by atoms with Crippen LogP contribution in [0.5, 0.6) is 0 Å². The first-order chi connectivity index (χ1) is 9.47. The molecule has 1 aromatic carbocycles. The van der Waals surface area contributed by atoms with E-state index in [0.717, 1.165) is 11.1 Å². The van der Waals surface area contributed by atoms with Gasteiger partial charge in [-0.2, -0.15) is 0 Å². The van der Waals surface area contributed by atoms with Crippen molar-refractivity contribution in [1.29, 1.82) is 10.8 Å². The van der Waals surface area contributed by atoms with Crippen molar-refractivity contribution in [2.45, 2.75) is 26.9 Å². The van der Waals surface area contributed by atoms with Gasteiger partial charge in [-0.15, -0.1) is 24.8 Å². The molecule has 0 aliphatic rings. The molecular formula is C14H26Cl2N6. The molecule has 0 radical (unpaired) electrons. The minimum Gasteiger partial charge on any atom is -0.370 e. The second kappa shape index (κ2) is 11.0. The highest BCUT2D eigenvalue weighted by Gasteiger charge is 2.08. The summed E-state index contributed by atoms with van der Waals surface area (Å²) in [5, 5.41) is 15.0. The number of nitrogens with two attached hydrogens (primary N) is 2. The largest absolute Gasteiger partial charge is 0.370 e. The number of rotatable bonds is 6. The highest BCUT2D eigenvalue weighted by molar-refractivity contribution is 5.85. The van der Waals surface area contributed by atoms with Crippen LogP contribution < -0.4 is 11.5 Å². The van der Waals surface area contributed by atoms with Gasteiger partial charge in [-0.1, -0.05) is 24.3 Å². The maximum Gasteiger partial charge on any atom is 0.188 e. The van der Waals surface area contributed by atoms with Crippen LogP contribution in [0.1, 0.15) is 25.0 Å². The van der Waals surface area contributed by atoms with E-state index in [9.17, 15) is 0 Å². The zero-order chi connectivity index (χ0) is 15.1. The van der Waals surface area contributed by atoms with Crippen LogP contribution in [0.2, 0.25) is 0 Å².